The summed E-state index contributed by atoms with van der Waals surface area (Å²) in [4.78, 5) is 12.3. The number of hydrogen-bond acceptors (Lipinski definition) is 5. The smallest absolute Gasteiger partial charge is 0.296 e. The second kappa shape index (κ2) is 6.36. The molecule has 0 atom stereocenters. The van der Waals surface area contributed by atoms with E-state index in [4.69, 9.17) is 25.8 Å². The lowest BCUT2D eigenvalue weighted by atomic mass is 9.98. The lowest BCUT2D eigenvalue weighted by molar-refractivity contribution is 0.143. The fourth-order valence-corrected chi connectivity index (χ4v) is 3.80. The third-order valence-corrected chi connectivity index (χ3v) is 5.17. The molecule has 0 radical (unpaired) electrons. The van der Waals surface area contributed by atoms with Gasteiger partial charge in [-0.3, -0.25) is 0 Å². The Balaban J connectivity index is 1.48. The quantitative estimate of drug-likeness (QED) is 0.721. The van der Waals surface area contributed by atoms with Crippen molar-refractivity contribution in [1.29, 1.82) is 0 Å². The van der Waals surface area contributed by atoms with Crippen LogP contribution in [0.5, 0.6) is 17.5 Å². The molecule has 0 spiro atoms. The Morgan fingerprint density at radius 3 is 2.77 bits per heavy atom. The van der Waals surface area contributed by atoms with Crippen LogP contribution in [0.1, 0.15) is 32.1 Å². The number of ether oxygens (including phenoxy) is 3. The number of aromatic amines is 1. The maximum absolute atomic E-state index is 6.47. The SMILES string of the molecule is Clc1cc2[nH]c(OC3CCCCC3)nc2nc1-c1ccc2c(c1)OCO2. The van der Waals surface area contributed by atoms with Gasteiger partial charge < -0.3 is 19.2 Å². The number of hydrogen-bond donors (Lipinski definition) is 1. The summed E-state index contributed by atoms with van der Waals surface area (Å²) < 4.78 is 16.8. The highest BCUT2D eigenvalue weighted by atomic mass is 35.5. The Morgan fingerprint density at radius 2 is 1.88 bits per heavy atom. The van der Waals surface area contributed by atoms with Crippen LogP contribution in [0.4, 0.5) is 0 Å². The van der Waals surface area contributed by atoms with E-state index in [0.717, 1.165) is 29.7 Å². The van der Waals surface area contributed by atoms with Crippen LogP contribution < -0.4 is 14.2 Å². The van der Waals surface area contributed by atoms with Crippen molar-refractivity contribution < 1.29 is 14.2 Å². The normalized spacial score (nSPS) is 17.0. The maximum Gasteiger partial charge on any atom is 0.296 e. The third kappa shape index (κ3) is 2.84. The van der Waals surface area contributed by atoms with E-state index in [-0.39, 0.29) is 12.9 Å². The van der Waals surface area contributed by atoms with Gasteiger partial charge in [0.1, 0.15) is 6.10 Å². The molecule has 3 heterocycles. The molecule has 5 rings (SSSR count). The Morgan fingerprint density at radius 1 is 1.04 bits per heavy atom. The molecular weight excluding hydrogens is 354 g/mol. The first-order chi connectivity index (χ1) is 12.8. The molecule has 0 unspecified atom stereocenters. The molecule has 1 N–H and O–H groups in total. The van der Waals surface area contributed by atoms with E-state index >= 15 is 0 Å². The topological polar surface area (TPSA) is 69.3 Å². The summed E-state index contributed by atoms with van der Waals surface area (Å²) in [5.41, 5.74) is 2.88. The van der Waals surface area contributed by atoms with Gasteiger partial charge in [0.2, 0.25) is 6.79 Å². The van der Waals surface area contributed by atoms with Crippen molar-refractivity contribution in [3.8, 4) is 28.8 Å². The zero-order chi connectivity index (χ0) is 17.5. The van der Waals surface area contributed by atoms with Gasteiger partial charge in [0.05, 0.1) is 16.2 Å². The monoisotopic (exact) mass is 371 g/mol. The number of pyridine rings is 1. The van der Waals surface area contributed by atoms with Crippen LogP contribution in [0.3, 0.4) is 0 Å². The summed E-state index contributed by atoms with van der Waals surface area (Å²) in [6, 6.07) is 8.01. The van der Waals surface area contributed by atoms with Crippen LogP contribution in [0.2, 0.25) is 5.02 Å². The van der Waals surface area contributed by atoms with E-state index in [9.17, 15) is 0 Å². The predicted octanol–water partition coefficient (Wildman–Crippen LogP) is 4.72. The number of benzene rings is 1. The zero-order valence-corrected chi connectivity index (χ0v) is 14.9. The highest BCUT2D eigenvalue weighted by Crippen LogP contribution is 2.38. The number of nitrogens with zero attached hydrogens (tertiary/aromatic N) is 2. The fraction of sp³-hybridized carbons (Fsp3) is 0.368. The number of rotatable bonds is 3. The predicted molar refractivity (Wildman–Crippen MR) is 98.0 cm³/mol. The van der Waals surface area contributed by atoms with Crippen LogP contribution in [-0.2, 0) is 0 Å². The molecule has 1 aliphatic carbocycles. The Labute approximate surface area is 155 Å². The molecule has 1 saturated carbocycles. The van der Waals surface area contributed by atoms with Gasteiger partial charge >= 0.3 is 0 Å². The molecule has 1 aromatic carbocycles. The first-order valence-electron chi connectivity index (χ1n) is 8.89. The number of H-pyrrole nitrogens is 1. The minimum atomic E-state index is 0.230. The molecule has 2 aliphatic rings. The van der Waals surface area contributed by atoms with Crippen molar-refractivity contribution in [1.82, 2.24) is 15.0 Å². The molecule has 1 aliphatic heterocycles. The molecule has 0 bridgehead atoms. The van der Waals surface area contributed by atoms with Gasteiger partial charge in [-0.2, -0.15) is 4.98 Å². The minimum absolute atomic E-state index is 0.230. The van der Waals surface area contributed by atoms with Crippen molar-refractivity contribution in [2.45, 2.75) is 38.2 Å². The van der Waals surface area contributed by atoms with E-state index in [0.29, 0.717) is 28.1 Å². The lowest BCUT2D eigenvalue weighted by Gasteiger charge is -2.21. The van der Waals surface area contributed by atoms with Crippen molar-refractivity contribution in [3.63, 3.8) is 0 Å². The van der Waals surface area contributed by atoms with Crippen LogP contribution in [0.15, 0.2) is 24.3 Å². The van der Waals surface area contributed by atoms with Crippen molar-refractivity contribution >= 4 is 22.8 Å². The molecule has 0 amide bonds. The summed E-state index contributed by atoms with van der Waals surface area (Å²) in [7, 11) is 0. The first kappa shape index (κ1) is 15.8. The van der Waals surface area contributed by atoms with Crippen LogP contribution >= 0.6 is 11.6 Å². The number of aromatic nitrogens is 3. The highest BCUT2D eigenvalue weighted by molar-refractivity contribution is 6.33. The van der Waals surface area contributed by atoms with Crippen molar-refractivity contribution in [2.24, 2.45) is 0 Å². The molecule has 6 nitrogen and oxygen atoms in total. The van der Waals surface area contributed by atoms with E-state index in [1.807, 2.05) is 24.3 Å². The molecule has 134 valence electrons. The van der Waals surface area contributed by atoms with Gasteiger partial charge in [-0.15, -0.1) is 0 Å². The average Bonchev–Trinajstić information content (AvgIpc) is 3.27. The van der Waals surface area contributed by atoms with E-state index < -0.39 is 0 Å². The minimum Gasteiger partial charge on any atom is -0.461 e. The second-order valence-electron chi connectivity index (χ2n) is 6.68. The molecule has 3 aromatic rings. The molecule has 2 aromatic heterocycles. The first-order valence-corrected chi connectivity index (χ1v) is 9.27. The molecule has 0 saturated heterocycles. The van der Waals surface area contributed by atoms with Gasteiger partial charge in [0.25, 0.3) is 6.01 Å². The van der Waals surface area contributed by atoms with E-state index in [1.54, 1.807) is 0 Å². The second-order valence-corrected chi connectivity index (χ2v) is 7.09. The summed E-state index contributed by atoms with van der Waals surface area (Å²) in [6.45, 7) is 0.236. The largest absolute Gasteiger partial charge is 0.461 e. The Kier molecular flexibility index (Phi) is 3.85. The van der Waals surface area contributed by atoms with Gasteiger partial charge in [-0.25, -0.2) is 4.98 Å². The fourth-order valence-electron chi connectivity index (χ4n) is 3.54. The van der Waals surface area contributed by atoms with Gasteiger partial charge in [-0.1, -0.05) is 18.0 Å². The van der Waals surface area contributed by atoms with E-state index in [1.165, 1.54) is 19.3 Å². The summed E-state index contributed by atoms with van der Waals surface area (Å²) in [6.07, 6.45) is 6.09. The van der Waals surface area contributed by atoms with Crippen LogP contribution in [0.25, 0.3) is 22.4 Å². The summed E-state index contributed by atoms with van der Waals surface area (Å²) in [5, 5.41) is 0.546. The van der Waals surface area contributed by atoms with Crippen LogP contribution in [0, 0.1) is 0 Å². The Bertz CT molecular complexity index is 966. The van der Waals surface area contributed by atoms with Gasteiger partial charge in [0, 0.05) is 5.56 Å². The third-order valence-electron chi connectivity index (χ3n) is 4.88. The molecule has 1 fully saturated rings. The number of fused-ring (bicyclic) bond motifs is 2. The van der Waals surface area contributed by atoms with E-state index in [2.05, 4.69) is 15.0 Å². The standard InChI is InChI=1S/C19H18ClN3O3/c20-13-9-14-18(23-19(21-14)26-12-4-2-1-3-5-12)22-17(13)11-6-7-15-16(8-11)25-10-24-15/h6-9,12H,1-5,10H2,(H,21,22,23). The Hall–Kier alpha value is -2.47. The van der Waals surface area contributed by atoms with Crippen molar-refractivity contribution in [2.75, 3.05) is 6.79 Å². The number of nitrogens with one attached hydrogen (secondary N) is 1. The number of halogens is 1. The lowest BCUT2D eigenvalue weighted by Crippen LogP contribution is -2.20. The number of imidazole rings is 1. The average molecular weight is 372 g/mol. The highest BCUT2D eigenvalue weighted by Gasteiger charge is 2.19. The van der Waals surface area contributed by atoms with Crippen molar-refractivity contribution in [3.05, 3.63) is 29.3 Å². The van der Waals surface area contributed by atoms with Gasteiger partial charge in [-0.05, 0) is 49.9 Å². The summed E-state index contributed by atoms with van der Waals surface area (Å²) in [5.74, 6) is 1.43. The molecular formula is C19H18ClN3O3. The van der Waals surface area contributed by atoms with Gasteiger partial charge in [0.15, 0.2) is 17.1 Å². The molecule has 7 heteroatoms. The van der Waals surface area contributed by atoms with Crippen LogP contribution in [-0.4, -0.2) is 27.8 Å². The maximum atomic E-state index is 6.47. The zero-order valence-electron chi connectivity index (χ0n) is 14.1. The molecule has 26 heavy (non-hydrogen) atoms. The summed E-state index contributed by atoms with van der Waals surface area (Å²) >= 11 is 6.47.